The molecular weight excluding hydrogens is 800 g/mol. The normalized spacial score (nSPS) is 12.8. The number of rotatable bonds is 9. The van der Waals surface area contributed by atoms with Crippen molar-refractivity contribution in [1.29, 1.82) is 0 Å². The van der Waals surface area contributed by atoms with E-state index in [0.29, 0.717) is 6.67 Å². The van der Waals surface area contributed by atoms with E-state index in [1.807, 2.05) is 30.5 Å². The van der Waals surface area contributed by atoms with Crippen molar-refractivity contribution in [2.75, 3.05) is 16.5 Å². The Morgan fingerprint density at radius 3 is 2.02 bits per heavy atom. The maximum Gasteiger partial charge on any atom is 0.137 e. The van der Waals surface area contributed by atoms with E-state index < -0.39 is 0 Å². The van der Waals surface area contributed by atoms with Crippen LogP contribution < -0.4 is 14.5 Å². The molecule has 324 valence electrons. The van der Waals surface area contributed by atoms with Gasteiger partial charge >= 0.3 is 0 Å². The van der Waals surface area contributed by atoms with Crippen LogP contribution in [0.5, 0.6) is 11.5 Å². The second kappa shape index (κ2) is 16.4. The lowest BCUT2D eigenvalue weighted by atomic mass is 9.82. The van der Waals surface area contributed by atoms with Crippen LogP contribution in [0.2, 0.25) is 0 Å². The van der Waals surface area contributed by atoms with Gasteiger partial charge in [0.2, 0.25) is 0 Å². The quantitative estimate of drug-likeness (QED) is 0.145. The van der Waals surface area contributed by atoms with Crippen LogP contribution in [0.4, 0.5) is 27.1 Å². The summed E-state index contributed by atoms with van der Waals surface area (Å²) in [5, 5.41) is 2.31. The molecule has 6 heteroatoms. The minimum atomic E-state index is -0.229. The van der Waals surface area contributed by atoms with Crippen LogP contribution in [-0.4, -0.2) is 16.2 Å². The summed E-state index contributed by atoms with van der Waals surface area (Å²) < 4.78 is 23.4. The Hall–Kier alpha value is -7.18. The van der Waals surface area contributed by atoms with E-state index >= 15 is 0 Å². The van der Waals surface area contributed by atoms with Crippen molar-refractivity contribution in [3.63, 3.8) is 0 Å². The number of nitrogens with zero attached hydrogens (tertiary/aromatic N) is 4. The summed E-state index contributed by atoms with van der Waals surface area (Å²) in [5.41, 5.74) is 16.0. The van der Waals surface area contributed by atoms with Gasteiger partial charge in [0.1, 0.15) is 29.8 Å². The zero-order valence-corrected chi connectivity index (χ0v) is 38.5. The first-order valence-corrected chi connectivity index (χ1v) is 22.8. The minimum absolute atomic E-state index is 0.0906. The van der Waals surface area contributed by atoms with Gasteiger partial charge in [-0.25, -0.2) is 9.37 Å². The number of pyridine rings is 1. The zero-order valence-electron chi connectivity index (χ0n) is 38.5. The SMILES string of the molecule is Cc1ccc2c(c1)N(c1c(C(C)C)cc(-c3ccc(F)cc3)cc1C(C)C)CN2c1cc(Oc2ccc3c4ccccc4n(-c4ccccn4)c3c2)cc(-c2ccccc2C(C)(C)C)c1. The van der Waals surface area contributed by atoms with E-state index in [1.54, 1.807) is 12.1 Å². The summed E-state index contributed by atoms with van der Waals surface area (Å²) in [6.07, 6.45) is 1.84. The lowest BCUT2D eigenvalue weighted by molar-refractivity contribution is 0.483. The molecule has 1 aliphatic heterocycles. The number of ether oxygens (including phenoxy) is 1. The van der Waals surface area contributed by atoms with E-state index in [2.05, 4.69) is 191 Å². The van der Waals surface area contributed by atoms with Crippen molar-refractivity contribution in [2.45, 2.75) is 72.6 Å². The fraction of sp³-hybridized carbons (Fsp3) is 0.203. The Bertz CT molecular complexity index is 3200. The molecule has 0 radical (unpaired) electrons. The predicted molar refractivity (Wildman–Crippen MR) is 270 cm³/mol. The number of hydrogen-bond acceptors (Lipinski definition) is 4. The van der Waals surface area contributed by atoms with Gasteiger partial charge < -0.3 is 14.5 Å². The third kappa shape index (κ3) is 7.71. The average Bonchev–Trinajstić information content (AvgIpc) is 3.84. The number of aryl methyl sites for hydroxylation is 1. The zero-order chi connectivity index (χ0) is 45.1. The van der Waals surface area contributed by atoms with Gasteiger partial charge in [-0.3, -0.25) is 4.57 Å². The van der Waals surface area contributed by atoms with Crippen LogP contribution >= 0.6 is 0 Å². The van der Waals surface area contributed by atoms with Crippen molar-refractivity contribution in [1.82, 2.24) is 9.55 Å². The molecule has 0 N–H and O–H groups in total. The molecule has 3 heterocycles. The molecule has 0 aliphatic carbocycles. The van der Waals surface area contributed by atoms with E-state index in [0.717, 1.165) is 61.8 Å². The van der Waals surface area contributed by atoms with Crippen molar-refractivity contribution < 1.29 is 9.13 Å². The van der Waals surface area contributed by atoms with Gasteiger partial charge in [0, 0.05) is 40.5 Å². The van der Waals surface area contributed by atoms with Crippen molar-refractivity contribution in [3.8, 4) is 39.6 Å². The molecule has 1 aliphatic rings. The molecule has 0 saturated carbocycles. The highest BCUT2D eigenvalue weighted by Crippen LogP contribution is 2.51. The van der Waals surface area contributed by atoms with Crippen LogP contribution in [-0.2, 0) is 5.41 Å². The average molecular weight is 855 g/mol. The summed E-state index contributed by atoms with van der Waals surface area (Å²) >= 11 is 0. The van der Waals surface area contributed by atoms with Gasteiger partial charge in [-0.2, -0.15) is 0 Å². The Balaban J connectivity index is 1.13. The van der Waals surface area contributed by atoms with Crippen LogP contribution in [0.3, 0.4) is 0 Å². The monoisotopic (exact) mass is 854 g/mol. The highest BCUT2D eigenvalue weighted by molar-refractivity contribution is 6.09. The molecule has 0 unspecified atom stereocenters. The summed E-state index contributed by atoms with van der Waals surface area (Å²) in [7, 11) is 0. The topological polar surface area (TPSA) is 33.5 Å². The Labute approximate surface area is 382 Å². The largest absolute Gasteiger partial charge is 0.457 e. The molecule has 10 rings (SSSR count). The first-order chi connectivity index (χ1) is 31.3. The van der Waals surface area contributed by atoms with Crippen LogP contribution in [0.25, 0.3) is 49.9 Å². The number of aromatic nitrogens is 2. The lowest BCUT2D eigenvalue weighted by Crippen LogP contribution is -2.26. The summed E-state index contributed by atoms with van der Waals surface area (Å²) in [5.74, 6) is 2.59. The Morgan fingerprint density at radius 2 is 1.29 bits per heavy atom. The van der Waals surface area contributed by atoms with Crippen LogP contribution in [0.15, 0.2) is 164 Å². The molecule has 0 amide bonds. The number of halogens is 1. The van der Waals surface area contributed by atoms with Crippen molar-refractivity contribution >= 4 is 44.6 Å². The first kappa shape index (κ1) is 41.8. The fourth-order valence-electron chi connectivity index (χ4n) is 9.69. The third-order valence-electron chi connectivity index (χ3n) is 12.9. The molecule has 0 fully saturated rings. The number of para-hydroxylation sites is 1. The van der Waals surface area contributed by atoms with E-state index in [9.17, 15) is 4.39 Å². The molecule has 9 aromatic rings. The number of hydrogen-bond donors (Lipinski definition) is 0. The standard InChI is InChI=1S/C59H55FN4O/c1-37(2)50-32-41(40-21-23-43(60)24-22-40)33-51(38(3)4)58(50)63-36-62(54-27-20-39(5)29-56(54)63)44-30-42(47-15-9-11-17-52(47)59(6,7)8)31-46(34-44)65-45-25-26-49-48-16-10-12-18-53(48)64(55(49)35-45)57-19-13-14-28-61-57/h9-35,37-38H,36H2,1-8H3. The Kier molecular flexibility index (Phi) is 10.6. The molecule has 0 saturated heterocycles. The van der Waals surface area contributed by atoms with Gasteiger partial charge in [0.15, 0.2) is 0 Å². The van der Waals surface area contributed by atoms with E-state index in [1.165, 1.54) is 44.6 Å². The van der Waals surface area contributed by atoms with Crippen molar-refractivity contribution in [2.24, 2.45) is 0 Å². The lowest BCUT2D eigenvalue weighted by Gasteiger charge is -2.30. The smallest absolute Gasteiger partial charge is 0.137 e. The second-order valence-electron chi connectivity index (χ2n) is 19.1. The van der Waals surface area contributed by atoms with E-state index in [4.69, 9.17) is 9.72 Å². The highest BCUT2D eigenvalue weighted by atomic mass is 19.1. The summed E-state index contributed by atoms with van der Waals surface area (Å²) in [6, 6.07) is 54.7. The molecule has 65 heavy (non-hydrogen) atoms. The van der Waals surface area contributed by atoms with Gasteiger partial charge in [0.05, 0.1) is 22.4 Å². The molecule has 7 aromatic carbocycles. The number of benzene rings is 7. The van der Waals surface area contributed by atoms with Crippen molar-refractivity contribution in [3.05, 3.63) is 192 Å². The minimum Gasteiger partial charge on any atom is -0.457 e. The summed E-state index contributed by atoms with van der Waals surface area (Å²) in [6.45, 7) is 18.7. The second-order valence-corrected chi connectivity index (χ2v) is 19.1. The predicted octanol–water partition coefficient (Wildman–Crippen LogP) is 16.5. The van der Waals surface area contributed by atoms with Gasteiger partial charge in [-0.1, -0.05) is 115 Å². The number of fused-ring (bicyclic) bond motifs is 4. The molecular formula is C59H55FN4O. The van der Waals surface area contributed by atoms with Gasteiger partial charge in [-0.15, -0.1) is 0 Å². The molecule has 5 nitrogen and oxygen atoms in total. The molecule has 0 atom stereocenters. The van der Waals surface area contributed by atoms with Crippen LogP contribution in [0, 0.1) is 12.7 Å². The maximum absolute atomic E-state index is 14.1. The molecule has 0 spiro atoms. The fourth-order valence-corrected chi connectivity index (χ4v) is 9.69. The third-order valence-corrected chi connectivity index (χ3v) is 12.9. The molecule has 2 aromatic heterocycles. The Morgan fingerprint density at radius 1 is 0.585 bits per heavy atom. The van der Waals surface area contributed by atoms with Crippen LogP contribution in [0.1, 0.15) is 82.6 Å². The molecule has 0 bridgehead atoms. The first-order valence-electron chi connectivity index (χ1n) is 22.8. The number of anilines is 4. The highest BCUT2D eigenvalue weighted by Gasteiger charge is 2.33. The van der Waals surface area contributed by atoms with Gasteiger partial charge in [-0.05, 0) is 148 Å². The van der Waals surface area contributed by atoms with E-state index in [-0.39, 0.29) is 23.1 Å². The summed E-state index contributed by atoms with van der Waals surface area (Å²) in [4.78, 5) is 9.72. The van der Waals surface area contributed by atoms with Gasteiger partial charge in [0.25, 0.3) is 0 Å². The maximum atomic E-state index is 14.1.